The van der Waals surface area contributed by atoms with Crippen LogP contribution in [0.4, 0.5) is 0 Å². The van der Waals surface area contributed by atoms with Crippen molar-refractivity contribution in [3.05, 3.63) is 48.4 Å². The molecule has 5 nitrogen and oxygen atoms in total. The fourth-order valence-electron chi connectivity index (χ4n) is 1.93. The molecule has 0 radical (unpaired) electrons. The molecule has 2 N–H and O–H groups in total. The fourth-order valence-corrected chi connectivity index (χ4v) is 1.93. The van der Waals surface area contributed by atoms with Gasteiger partial charge in [-0.05, 0) is 30.3 Å². The monoisotopic (exact) mass is 255 g/mol. The summed E-state index contributed by atoms with van der Waals surface area (Å²) in [6.45, 7) is 0. The van der Waals surface area contributed by atoms with Crippen LogP contribution < -0.4 is 0 Å². The van der Waals surface area contributed by atoms with E-state index in [1.807, 2.05) is 0 Å². The van der Waals surface area contributed by atoms with Crippen LogP contribution in [0.3, 0.4) is 0 Å². The first-order valence-corrected chi connectivity index (χ1v) is 5.55. The number of aromatic carboxylic acids is 1. The molecule has 5 heteroatoms. The second kappa shape index (κ2) is 4.13. The molecular formula is C14H9NO4. The molecule has 0 aliphatic carbocycles. The van der Waals surface area contributed by atoms with Gasteiger partial charge in [-0.3, -0.25) is 4.98 Å². The molecule has 0 aliphatic rings. The molecule has 0 fully saturated rings. The number of rotatable bonds is 2. The van der Waals surface area contributed by atoms with Gasteiger partial charge in [0.15, 0.2) is 11.3 Å². The van der Waals surface area contributed by atoms with E-state index >= 15 is 0 Å². The molecule has 3 aromatic rings. The van der Waals surface area contributed by atoms with E-state index in [4.69, 9.17) is 9.52 Å². The van der Waals surface area contributed by atoms with E-state index in [1.54, 1.807) is 12.1 Å². The van der Waals surface area contributed by atoms with E-state index in [2.05, 4.69) is 4.98 Å². The molecule has 0 amide bonds. The lowest BCUT2D eigenvalue weighted by molar-refractivity contribution is 0.0697. The normalized spacial score (nSPS) is 10.7. The van der Waals surface area contributed by atoms with Crippen molar-refractivity contribution in [3.8, 4) is 17.0 Å². The second-order valence-electron chi connectivity index (χ2n) is 4.07. The number of pyridine rings is 1. The first kappa shape index (κ1) is 11.3. The first-order valence-electron chi connectivity index (χ1n) is 5.55. The van der Waals surface area contributed by atoms with Gasteiger partial charge in [0.05, 0.1) is 17.5 Å². The smallest absolute Gasteiger partial charge is 0.335 e. The Morgan fingerprint density at radius 1 is 1.21 bits per heavy atom. The lowest BCUT2D eigenvalue weighted by atomic mass is 10.1. The Labute approximate surface area is 107 Å². The maximum Gasteiger partial charge on any atom is 0.335 e. The topological polar surface area (TPSA) is 83.6 Å². The quantitative estimate of drug-likeness (QED) is 0.735. The lowest BCUT2D eigenvalue weighted by Crippen LogP contribution is -1.97. The van der Waals surface area contributed by atoms with Gasteiger partial charge in [0.1, 0.15) is 0 Å². The minimum atomic E-state index is -1.02. The predicted molar refractivity (Wildman–Crippen MR) is 68.1 cm³/mol. The van der Waals surface area contributed by atoms with Crippen LogP contribution in [0, 0.1) is 0 Å². The van der Waals surface area contributed by atoms with Gasteiger partial charge in [0.25, 0.3) is 0 Å². The van der Waals surface area contributed by atoms with Gasteiger partial charge in [0, 0.05) is 17.1 Å². The predicted octanol–water partition coefficient (Wildman–Crippen LogP) is 2.90. The molecule has 94 valence electrons. The van der Waals surface area contributed by atoms with Crippen molar-refractivity contribution < 1.29 is 19.4 Å². The van der Waals surface area contributed by atoms with Crippen LogP contribution >= 0.6 is 0 Å². The van der Waals surface area contributed by atoms with Gasteiger partial charge < -0.3 is 14.6 Å². The van der Waals surface area contributed by atoms with Gasteiger partial charge in [-0.2, -0.15) is 0 Å². The van der Waals surface area contributed by atoms with Crippen LogP contribution in [-0.2, 0) is 0 Å². The molecule has 0 atom stereocenters. The highest BCUT2D eigenvalue weighted by molar-refractivity contribution is 5.91. The van der Waals surface area contributed by atoms with Crippen molar-refractivity contribution in [1.82, 2.24) is 4.98 Å². The standard InChI is InChI=1S/C14H9NO4/c16-12-7-10(5-8-2-4-19-13(8)12)11-6-9(14(17)18)1-3-15-11/h1-7,16H,(H,17,18). The Bertz CT molecular complexity index is 776. The van der Waals surface area contributed by atoms with Gasteiger partial charge >= 0.3 is 5.97 Å². The van der Waals surface area contributed by atoms with Crippen LogP contribution in [0.2, 0.25) is 0 Å². The van der Waals surface area contributed by atoms with Gasteiger partial charge in [-0.25, -0.2) is 4.79 Å². The third-order valence-electron chi connectivity index (χ3n) is 2.83. The van der Waals surface area contributed by atoms with Crippen molar-refractivity contribution in [2.75, 3.05) is 0 Å². The molecular weight excluding hydrogens is 246 g/mol. The zero-order valence-corrected chi connectivity index (χ0v) is 9.70. The number of hydrogen-bond donors (Lipinski definition) is 2. The average molecular weight is 255 g/mol. The molecule has 19 heavy (non-hydrogen) atoms. The first-order chi connectivity index (χ1) is 9.15. The molecule has 0 aliphatic heterocycles. The maximum absolute atomic E-state index is 10.9. The van der Waals surface area contributed by atoms with E-state index in [1.165, 1.54) is 30.7 Å². The van der Waals surface area contributed by atoms with Crippen LogP contribution in [0.5, 0.6) is 5.75 Å². The molecule has 0 saturated heterocycles. The van der Waals surface area contributed by atoms with E-state index in [9.17, 15) is 9.90 Å². The molecule has 0 saturated carbocycles. The number of nitrogens with zero attached hydrogens (tertiary/aromatic N) is 1. The number of carbonyl (C=O) groups is 1. The van der Waals surface area contributed by atoms with Crippen molar-refractivity contribution in [2.24, 2.45) is 0 Å². The average Bonchev–Trinajstić information content (AvgIpc) is 2.87. The summed E-state index contributed by atoms with van der Waals surface area (Å²) in [5, 5.41) is 19.5. The van der Waals surface area contributed by atoms with Gasteiger partial charge in [0.2, 0.25) is 0 Å². The molecule has 0 unspecified atom stereocenters. The number of carboxylic acid groups (broad SMARTS) is 1. The number of benzene rings is 1. The molecule has 1 aromatic carbocycles. The van der Waals surface area contributed by atoms with Crippen molar-refractivity contribution in [3.63, 3.8) is 0 Å². The van der Waals surface area contributed by atoms with Crippen molar-refractivity contribution >= 4 is 16.9 Å². The highest BCUT2D eigenvalue weighted by Crippen LogP contribution is 2.31. The van der Waals surface area contributed by atoms with Crippen LogP contribution in [-0.4, -0.2) is 21.2 Å². The Morgan fingerprint density at radius 3 is 2.84 bits per heavy atom. The summed E-state index contributed by atoms with van der Waals surface area (Å²) in [7, 11) is 0. The number of phenols is 1. The van der Waals surface area contributed by atoms with Crippen LogP contribution in [0.25, 0.3) is 22.2 Å². The number of carboxylic acids is 1. The number of phenolic OH excluding ortho intramolecular Hbond substituents is 1. The van der Waals surface area contributed by atoms with Crippen molar-refractivity contribution in [2.45, 2.75) is 0 Å². The van der Waals surface area contributed by atoms with Crippen molar-refractivity contribution in [1.29, 1.82) is 0 Å². The third kappa shape index (κ3) is 1.91. The second-order valence-corrected chi connectivity index (χ2v) is 4.07. The van der Waals surface area contributed by atoms with E-state index < -0.39 is 5.97 Å². The van der Waals surface area contributed by atoms with E-state index in [0.717, 1.165) is 5.39 Å². The summed E-state index contributed by atoms with van der Waals surface area (Å²) >= 11 is 0. The summed E-state index contributed by atoms with van der Waals surface area (Å²) < 4.78 is 5.14. The molecule has 0 spiro atoms. The summed E-state index contributed by atoms with van der Waals surface area (Å²) in [6, 6.07) is 7.89. The van der Waals surface area contributed by atoms with Crippen LogP contribution in [0.1, 0.15) is 10.4 Å². The Balaban J connectivity index is 2.18. The zero-order valence-electron chi connectivity index (χ0n) is 9.70. The number of fused-ring (bicyclic) bond motifs is 1. The molecule has 0 bridgehead atoms. The number of aromatic hydroxyl groups is 1. The van der Waals surface area contributed by atoms with E-state index in [-0.39, 0.29) is 11.3 Å². The van der Waals surface area contributed by atoms with Gasteiger partial charge in [-0.15, -0.1) is 0 Å². The largest absolute Gasteiger partial charge is 0.504 e. The minimum Gasteiger partial charge on any atom is -0.504 e. The Morgan fingerprint density at radius 2 is 2.05 bits per heavy atom. The lowest BCUT2D eigenvalue weighted by Gasteiger charge is -2.03. The maximum atomic E-state index is 10.9. The summed E-state index contributed by atoms with van der Waals surface area (Å²) in [4.78, 5) is 15.0. The Kier molecular flexibility index (Phi) is 2.45. The zero-order chi connectivity index (χ0) is 13.4. The molecule has 3 rings (SSSR count). The Hall–Kier alpha value is -2.82. The highest BCUT2D eigenvalue weighted by Gasteiger charge is 2.10. The summed E-state index contributed by atoms with van der Waals surface area (Å²) in [5.41, 5.74) is 1.67. The molecule has 2 heterocycles. The number of hydrogen-bond acceptors (Lipinski definition) is 4. The number of aromatic nitrogens is 1. The summed E-state index contributed by atoms with van der Waals surface area (Å²) in [6.07, 6.45) is 2.91. The number of furan rings is 1. The van der Waals surface area contributed by atoms with Gasteiger partial charge in [-0.1, -0.05) is 0 Å². The SMILES string of the molecule is O=C(O)c1ccnc(-c2cc(O)c3occc3c2)c1. The molecule has 2 aromatic heterocycles. The third-order valence-corrected chi connectivity index (χ3v) is 2.83. The minimum absolute atomic E-state index is 0.0000260. The highest BCUT2D eigenvalue weighted by atomic mass is 16.4. The summed E-state index contributed by atoms with van der Waals surface area (Å²) in [5.74, 6) is -1.02. The fraction of sp³-hybridized carbons (Fsp3) is 0. The van der Waals surface area contributed by atoms with E-state index in [0.29, 0.717) is 16.8 Å². The van der Waals surface area contributed by atoms with Crippen LogP contribution in [0.15, 0.2) is 47.2 Å².